The van der Waals surface area contributed by atoms with Crippen LogP contribution in [0.2, 0.25) is 0 Å². The minimum Gasteiger partial charge on any atom is -0.479 e. The standard InChI is InChI=1S/C47H76O20/c1-42(2)14-20-19-8-9-24-44(5)12-11-26(43(3,4)23(44)10-13-45(24,6)46(19,7)15-25(51)47(20,18-49)37(59)36(42)58)64-41-35(67-40-31(56)29(54)28(53)22(16-48)63-40)33(32(57)34(66-41)38(60)61)65-39-30(55)27(52)21(50)17-62-39/h8,20-37,39-41,48-59H,9-18H2,1-7H3,(H,60,61)/t20-,21-,22+,23-,24+,25+,26-,27-,28-,29-,30+,31+,32-,33-,34-,35+,36-,37-,39-,40-,41+,44-,45+,46+,47-/m0/s1. The van der Waals surface area contributed by atoms with Crippen LogP contribution in [-0.4, -0.2) is 203 Å². The molecule has 0 amide bonds. The Balaban J connectivity index is 1.11. The van der Waals surface area contributed by atoms with E-state index in [1.54, 1.807) is 0 Å². The van der Waals surface area contributed by atoms with Gasteiger partial charge < -0.3 is 94.8 Å². The molecule has 384 valence electrons. The van der Waals surface area contributed by atoms with Crippen molar-refractivity contribution in [2.45, 2.75) is 204 Å². The van der Waals surface area contributed by atoms with Gasteiger partial charge in [0, 0.05) is 0 Å². The first-order valence-corrected chi connectivity index (χ1v) is 24.0. The van der Waals surface area contributed by atoms with Gasteiger partial charge in [0.15, 0.2) is 25.0 Å². The predicted molar refractivity (Wildman–Crippen MR) is 229 cm³/mol. The smallest absolute Gasteiger partial charge is 0.335 e. The van der Waals surface area contributed by atoms with Crippen LogP contribution in [0, 0.1) is 50.2 Å². The van der Waals surface area contributed by atoms with E-state index in [9.17, 15) is 71.2 Å². The first-order valence-electron chi connectivity index (χ1n) is 24.0. The second kappa shape index (κ2) is 17.9. The topological polar surface area (TPSA) is 335 Å². The van der Waals surface area contributed by atoms with Gasteiger partial charge in [0.1, 0.15) is 61.0 Å². The van der Waals surface area contributed by atoms with Crippen molar-refractivity contribution in [3.8, 4) is 0 Å². The number of carboxylic acids is 1. The van der Waals surface area contributed by atoms with E-state index < -0.39 is 158 Å². The van der Waals surface area contributed by atoms with Gasteiger partial charge >= 0.3 is 5.97 Å². The van der Waals surface area contributed by atoms with E-state index in [2.05, 4.69) is 40.7 Å². The van der Waals surface area contributed by atoms with Gasteiger partial charge in [-0.3, -0.25) is 0 Å². The van der Waals surface area contributed by atoms with Crippen LogP contribution in [0.15, 0.2) is 11.6 Å². The summed E-state index contributed by atoms with van der Waals surface area (Å²) in [7, 11) is 0. The summed E-state index contributed by atoms with van der Waals surface area (Å²) in [5.74, 6) is -1.90. The highest BCUT2D eigenvalue weighted by atomic mass is 16.8. The number of aliphatic hydroxyl groups excluding tert-OH is 12. The summed E-state index contributed by atoms with van der Waals surface area (Å²) in [5, 5.41) is 142. The van der Waals surface area contributed by atoms with Gasteiger partial charge in [-0.2, -0.15) is 0 Å². The normalized spacial score (nSPS) is 55.0. The van der Waals surface area contributed by atoms with Crippen molar-refractivity contribution in [2.75, 3.05) is 19.8 Å². The molecule has 0 radical (unpaired) electrons. The average molecular weight is 961 g/mol. The lowest BCUT2D eigenvalue weighted by Crippen LogP contribution is -2.71. The Kier molecular flexibility index (Phi) is 13.9. The van der Waals surface area contributed by atoms with Crippen LogP contribution < -0.4 is 0 Å². The molecule has 8 aliphatic rings. The van der Waals surface area contributed by atoms with Crippen molar-refractivity contribution >= 4 is 5.97 Å². The lowest BCUT2D eigenvalue weighted by molar-refractivity contribution is -0.392. The Hall–Kier alpha value is -1.51. The largest absolute Gasteiger partial charge is 0.479 e. The molecule has 7 fully saturated rings. The highest BCUT2D eigenvalue weighted by Gasteiger charge is 2.72. The minimum atomic E-state index is -2.08. The number of rotatable bonds is 9. The third kappa shape index (κ3) is 7.73. The molecule has 5 aliphatic carbocycles. The fourth-order valence-corrected chi connectivity index (χ4v) is 15.1. The molecule has 0 unspecified atom stereocenters. The zero-order chi connectivity index (χ0) is 49.3. The molecule has 0 spiro atoms. The molecule has 67 heavy (non-hydrogen) atoms. The molecule has 20 nitrogen and oxygen atoms in total. The van der Waals surface area contributed by atoms with Crippen LogP contribution in [0.25, 0.3) is 0 Å². The molecule has 0 aromatic rings. The van der Waals surface area contributed by atoms with Crippen molar-refractivity contribution in [3.05, 3.63) is 11.6 Å². The summed E-state index contributed by atoms with van der Waals surface area (Å²) in [4.78, 5) is 12.8. The van der Waals surface area contributed by atoms with Gasteiger partial charge in [0.2, 0.25) is 0 Å². The number of aliphatic carboxylic acids is 1. The molecular formula is C47H76O20. The Morgan fingerprint density at radius 1 is 0.701 bits per heavy atom. The number of aliphatic hydroxyl groups is 12. The summed E-state index contributed by atoms with van der Waals surface area (Å²) in [5.41, 5.74) is -2.75. The first-order chi connectivity index (χ1) is 31.2. The number of ether oxygens (including phenoxy) is 6. The molecule has 0 bridgehead atoms. The average Bonchev–Trinajstić information content (AvgIpc) is 3.26. The van der Waals surface area contributed by atoms with Crippen LogP contribution in [0.3, 0.4) is 0 Å². The van der Waals surface area contributed by atoms with Gasteiger partial charge in [-0.1, -0.05) is 60.1 Å². The van der Waals surface area contributed by atoms with Crippen LogP contribution in [0.4, 0.5) is 0 Å². The van der Waals surface area contributed by atoms with Crippen molar-refractivity contribution in [3.63, 3.8) is 0 Å². The Bertz CT molecular complexity index is 1850. The summed E-state index contributed by atoms with van der Waals surface area (Å²) in [6.45, 7) is 13.0. The number of carboxylic acid groups (broad SMARTS) is 1. The number of carbonyl (C=O) groups is 1. The number of fused-ring (bicyclic) bond motifs is 7. The van der Waals surface area contributed by atoms with E-state index >= 15 is 0 Å². The lowest BCUT2D eigenvalue weighted by atomic mass is 9.33. The third-order valence-electron chi connectivity index (χ3n) is 19.3. The molecule has 13 N–H and O–H groups in total. The van der Waals surface area contributed by atoms with Crippen molar-refractivity contribution in [2.24, 2.45) is 50.2 Å². The SMILES string of the molecule is CC1(C)C[C@H]2C3=CC[C@@H]4[C@@]5(C)CC[C@H](O[C@@H]6O[C@H](C(=O)O)[C@@H](O)[C@H](O[C@@H]7OC[C@H](O)[C@H](O)[C@H]7O)[C@H]6O[C@@H]6O[C@H](CO)[C@H](O)[C@H](O)[C@H]6O)C(C)(C)[C@@H]5CC[C@@]4(C)[C@]3(C)C[C@@H](O)[C@@]2(CO)[C@@H](O)[C@@H]1O. The number of allylic oxidation sites excluding steroid dienone is 2. The maximum absolute atomic E-state index is 12.8. The van der Waals surface area contributed by atoms with Crippen molar-refractivity contribution in [1.29, 1.82) is 0 Å². The fraction of sp³-hybridized carbons (Fsp3) is 0.936. The predicted octanol–water partition coefficient (Wildman–Crippen LogP) is -1.74. The molecular weight excluding hydrogens is 884 g/mol. The van der Waals surface area contributed by atoms with E-state index in [4.69, 9.17) is 28.4 Å². The van der Waals surface area contributed by atoms with Gasteiger partial charge in [-0.15, -0.1) is 0 Å². The van der Waals surface area contributed by atoms with Crippen molar-refractivity contribution < 1.29 is 99.6 Å². The minimum absolute atomic E-state index is 0.00832. The van der Waals surface area contributed by atoms with Gasteiger partial charge in [0.05, 0.1) is 49.7 Å². The molecule has 20 heteroatoms. The van der Waals surface area contributed by atoms with Gasteiger partial charge in [-0.25, -0.2) is 4.79 Å². The third-order valence-corrected chi connectivity index (χ3v) is 19.3. The van der Waals surface area contributed by atoms with Crippen LogP contribution in [0.5, 0.6) is 0 Å². The quantitative estimate of drug-likeness (QED) is 0.0901. The Labute approximate surface area is 390 Å². The zero-order valence-corrected chi connectivity index (χ0v) is 39.4. The molecule has 3 saturated heterocycles. The Morgan fingerprint density at radius 2 is 1.36 bits per heavy atom. The molecule has 0 aromatic carbocycles. The Morgan fingerprint density at radius 3 is 2.00 bits per heavy atom. The maximum Gasteiger partial charge on any atom is 0.335 e. The molecule has 3 aliphatic heterocycles. The molecule has 8 rings (SSSR count). The van der Waals surface area contributed by atoms with Gasteiger partial charge in [-0.05, 0) is 89.8 Å². The zero-order valence-electron chi connectivity index (χ0n) is 39.4. The fourth-order valence-electron chi connectivity index (χ4n) is 15.1. The second-order valence-corrected chi connectivity index (χ2v) is 23.3. The van der Waals surface area contributed by atoms with E-state index in [1.807, 2.05) is 13.8 Å². The first kappa shape index (κ1) is 51.8. The van der Waals surface area contributed by atoms with Gasteiger partial charge in [0.25, 0.3) is 0 Å². The summed E-state index contributed by atoms with van der Waals surface area (Å²) >= 11 is 0. The lowest BCUT2D eigenvalue weighted by Gasteiger charge is -2.72. The van der Waals surface area contributed by atoms with E-state index in [1.165, 1.54) is 0 Å². The molecule has 4 saturated carbocycles. The van der Waals surface area contributed by atoms with E-state index in [0.717, 1.165) is 18.4 Å². The van der Waals surface area contributed by atoms with E-state index in [0.29, 0.717) is 32.1 Å². The highest BCUT2D eigenvalue weighted by Crippen LogP contribution is 2.76. The van der Waals surface area contributed by atoms with Crippen LogP contribution in [-0.2, 0) is 33.2 Å². The molecule has 3 heterocycles. The van der Waals surface area contributed by atoms with Crippen molar-refractivity contribution in [1.82, 2.24) is 0 Å². The number of hydrogen-bond donors (Lipinski definition) is 13. The van der Waals surface area contributed by atoms with Crippen LogP contribution >= 0.6 is 0 Å². The second-order valence-electron chi connectivity index (χ2n) is 23.3. The maximum atomic E-state index is 12.8. The number of hydrogen-bond acceptors (Lipinski definition) is 19. The summed E-state index contributed by atoms with van der Waals surface area (Å²) in [6.07, 6.45) is -23.1. The highest BCUT2D eigenvalue weighted by molar-refractivity contribution is 5.73. The van der Waals surface area contributed by atoms with Crippen LogP contribution in [0.1, 0.15) is 93.4 Å². The monoisotopic (exact) mass is 960 g/mol. The summed E-state index contributed by atoms with van der Waals surface area (Å²) < 4.78 is 36.2. The van der Waals surface area contributed by atoms with E-state index in [-0.39, 0.29) is 28.6 Å². The molecule has 0 aromatic heterocycles. The summed E-state index contributed by atoms with van der Waals surface area (Å²) in [6, 6.07) is 0. The molecule has 25 atom stereocenters.